The van der Waals surface area contributed by atoms with Crippen LogP contribution >= 0.6 is 0 Å². The molecule has 0 amide bonds. The van der Waals surface area contributed by atoms with Crippen molar-refractivity contribution in [1.29, 1.82) is 0 Å². The second kappa shape index (κ2) is 15.3. The summed E-state index contributed by atoms with van der Waals surface area (Å²) in [6.07, 6.45) is 28.6. The molecule has 0 aliphatic heterocycles. The van der Waals surface area contributed by atoms with Gasteiger partial charge in [0.25, 0.3) is 0 Å². The number of hydrogen-bond acceptors (Lipinski definition) is 4. The molecular weight excluding hydrogens is 544 g/mol. The minimum atomic E-state index is -0.542. The first-order chi connectivity index (χ1) is 20.3. The average Bonchev–Trinajstić information content (AvgIpc) is 3.27. The fraction of sp³-hybridized carbons (Fsp3) is 0.500. The number of aliphatic hydroxyl groups excluding tert-OH is 2. The smallest absolute Gasteiger partial charge is 0.162 e. The van der Waals surface area contributed by atoms with Crippen LogP contribution in [-0.2, 0) is 9.59 Å². The normalized spacial score (nSPS) is 30.3. The SMILES string of the molecule is CC(/C=C/C=C(C)/C=C/C(=O)[C@]1(C)C[C@@H](O)C(C)(C)C1)=C\C=C\C=C(C)\C=C\C=C(C)\C=C\C(=O)[C@]1(C)C[C@@H](O)CC1(C)C. The Hall–Kier alpha value is -3.08. The van der Waals surface area contributed by atoms with Crippen LogP contribution in [0.15, 0.2) is 107 Å². The highest BCUT2D eigenvalue weighted by Crippen LogP contribution is 2.53. The molecule has 2 aliphatic rings. The van der Waals surface area contributed by atoms with E-state index in [9.17, 15) is 19.8 Å². The topological polar surface area (TPSA) is 74.6 Å². The summed E-state index contributed by atoms with van der Waals surface area (Å²) in [5, 5.41) is 20.4. The van der Waals surface area contributed by atoms with Gasteiger partial charge in [0, 0.05) is 10.8 Å². The van der Waals surface area contributed by atoms with Gasteiger partial charge in [-0.15, -0.1) is 0 Å². The van der Waals surface area contributed by atoms with E-state index >= 15 is 0 Å². The summed E-state index contributed by atoms with van der Waals surface area (Å²) in [6, 6.07) is 0. The lowest BCUT2D eigenvalue weighted by Gasteiger charge is -2.35. The van der Waals surface area contributed by atoms with E-state index < -0.39 is 23.0 Å². The van der Waals surface area contributed by atoms with Crippen LogP contribution in [0.1, 0.15) is 94.9 Å². The van der Waals surface area contributed by atoms with E-state index in [2.05, 4.69) is 13.8 Å². The van der Waals surface area contributed by atoms with Gasteiger partial charge < -0.3 is 10.2 Å². The first-order valence-corrected chi connectivity index (χ1v) is 15.8. The molecule has 4 nitrogen and oxygen atoms in total. The molecular formula is C40H56O4. The number of carbonyl (C=O) groups excluding carboxylic acids is 2. The Morgan fingerprint density at radius 3 is 1.41 bits per heavy atom. The van der Waals surface area contributed by atoms with Gasteiger partial charge in [0.15, 0.2) is 11.6 Å². The zero-order valence-corrected chi connectivity index (χ0v) is 28.8. The van der Waals surface area contributed by atoms with Crippen molar-refractivity contribution >= 4 is 11.6 Å². The average molecular weight is 601 g/mol. The molecule has 44 heavy (non-hydrogen) atoms. The van der Waals surface area contributed by atoms with Crippen molar-refractivity contribution in [2.45, 2.75) is 107 Å². The zero-order chi connectivity index (χ0) is 33.3. The predicted octanol–water partition coefficient (Wildman–Crippen LogP) is 9.07. The van der Waals surface area contributed by atoms with Gasteiger partial charge in [-0.3, -0.25) is 9.59 Å². The van der Waals surface area contributed by atoms with Crippen LogP contribution < -0.4 is 0 Å². The van der Waals surface area contributed by atoms with Gasteiger partial charge in [0.2, 0.25) is 0 Å². The van der Waals surface area contributed by atoms with Crippen LogP contribution in [0.25, 0.3) is 0 Å². The van der Waals surface area contributed by atoms with Crippen LogP contribution in [0.4, 0.5) is 0 Å². The molecule has 0 spiro atoms. The third-order valence-corrected chi connectivity index (χ3v) is 9.67. The fourth-order valence-corrected chi connectivity index (χ4v) is 6.29. The molecule has 2 rings (SSSR count). The van der Waals surface area contributed by atoms with Crippen LogP contribution in [0.3, 0.4) is 0 Å². The van der Waals surface area contributed by atoms with Gasteiger partial charge in [-0.05, 0) is 76.4 Å². The lowest BCUT2D eigenvalue weighted by atomic mass is 9.66. The maximum atomic E-state index is 12.9. The van der Waals surface area contributed by atoms with E-state index in [0.717, 1.165) is 22.3 Å². The molecule has 4 heteroatoms. The fourth-order valence-electron chi connectivity index (χ4n) is 6.29. The highest BCUT2D eigenvalue weighted by Gasteiger charge is 2.53. The van der Waals surface area contributed by atoms with Crippen molar-refractivity contribution in [3.05, 3.63) is 107 Å². The monoisotopic (exact) mass is 600 g/mol. The lowest BCUT2D eigenvalue weighted by Crippen LogP contribution is -2.36. The molecule has 0 radical (unpaired) electrons. The maximum absolute atomic E-state index is 12.9. The third-order valence-electron chi connectivity index (χ3n) is 9.67. The van der Waals surface area contributed by atoms with Crippen molar-refractivity contribution in [2.24, 2.45) is 21.7 Å². The van der Waals surface area contributed by atoms with E-state index in [1.807, 2.05) is 128 Å². The van der Waals surface area contributed by atoms with Crippen molar-refractivity contribution in [3.63, 3.8) is 0 Å². The third kappa shape index (κ3) is 10.2. The quantitative estimate of drug-likeness (QED) is 0.173. The summed E-state index contributed by atoms with van der Waals surface area (Å²) in [7, 11) is 0. The molecule has 0 heterocycles. The Kier molecular flexibility index (Phi) is 12.9. The number of carbonyl (C=O) groups is 2. The van der Waals surface area contributed by atoms with Crippen molar-refractivity contribution < 1.29 is 19.8 Å². The lowest BCUT2D eigenvalue weighted by molar-refractivity contribution is -0.127. The second-order valence-electron chi connectivity index (χ2n) is 14.9. The summed E-state index contributed by atoms with van der Waals surface area (Å²) >= 11 is 0. The van der Waals surface area contributed by atoms with E-state index in [0.29, 0.717) is 25.7 Å². The minimum Gasteiger partial charge on any atom is -0.393 e. The van der Waals surface area contributed by atoms with E-state index in [1.165, 1.54) is 0 Å². The summed E-state index contributed by atoms with van der Waals surface area (Å²) in [4.78, 5) is 25.7. The minimum absolute atomic E-state index is 0.0742. The standard InChI is InChI=1S/C40H56O4/c1-29(17-13-19-31(3)21-23-34(42)39(9)27-36(44)37(5,6)28-39)15-11-12-16-30(2)18-14-20-32(4)22-24-35(43)40(10)26-33(41)25-38(40,7)8/h11-24,33,36,41,44H,25-28H2,1-10H3/b12-11+,17-13+,18-14+,23-21+,24-22+,29-15+,30-16+,31-19+,32-20+/t33-,36+,39+,40-/m0/s1. The molecule has 2 saturated carbocycles. The number of ketones is 2. The molecule has 0 aromatic rings. The molecule has 240 valence electrons. The number of hydrogen-bond donors (Lipinski definition) is 2. The van der Waals surface area contributed by atoms with Crippen molar-refractivity contribution in [2.75, 3.05) is 0 Å². The van der Waals surface area contributed by atoms with Gasteiger partial charge in [0.1, 0.15) is 0 Å². The second-order valence-corrected chi connectivity index (χ2v) is 14.9. The summed E-state index contributed by atoms with van der Waals surface area (Å²) in [6.45, 7) is 20.1. The van der Waals surface area contributed by atoms with Gasteiger partial charge in [-0.25, -0.2) is 0 Å². The first-order valence-electron chi connectivity index (χ1n) is 15.8. The Morgan fingerprint density at radius 1 is 0.568 bits per heavy atom. The highest BCUT2D eigenvalue weighted by molar-refractivity contribution is 5.96. The number of aliphatic hydroxyl groups is 2. The Labute approximate surface area is 267 Å². The van der Waals surface area contributed by atoms with E-state index in [4.69, 9.17) is 0 Å². The van der Waals surface area contributed by atoms with E-state index in [1.54, 1.807) is 12.2 Å². The van der Waals surface area contributed by atoms with E-state index in [-0.39, 0.29) is 22.4 Å². The van der Waals surface area contributed by atoms with Crippen molar-refractivity contribution in [1.82, 2.24) is 0 Å². The van der Waals surface area contributed by atoms with Crippen LogP contribution in [0, 0.1) is 21.7 Å². The van der Waals surface area contributed by atoms with Gasteiger partial charge in [-0.2, -0.15) is 0 Å². The van der Waals surface area contributed by atoms with Gasteiger partial charge in [0.05, 0.1) is 12.2 Å². The van der Waals surface area contributed by atoms with Gasteiger partial charge in [-0.1, -0.05) is 137 Å². The first kappa shape index (κ1) is 37.1. The highest BCUT2D eigenvalue weighted by atomic mass is 16.3. The summed E-state index contributed by atoms with van der Waals surface area (Å²) in [5.74, 6) is 0.151. The molecule has 4 atom stereocenters. The Morgan fingerprint density at radius 2 is 1.00 bits per heavy atom. The number of rotatable bonds is 12. The molecule has 0 aromatic heterocycles. The van der Waals surface area contributed by atoms with Crippen LogP contribution in [0.5, 0.6) is 0 Å². The molecule has 0 unspecified atom stereocenters. The van der Waals surface area contributed by atoms with Crippen LogP contribution in [-0.4, -0.2) is 34.0 Å². The zero-order valence-electron chi connectivity index (χ0n) is 28.8. The van der Waals surface area contributed by atoms with Crippen molar-refractivity contribution in [3.8, 4) is 0 Å². The molecule has 0 bridgehead atoms. The van der Waals surface area contributed by atoms with Crippen LogP contribution in [0.2, 0.25) is 0 Å². The summed E-state index contributed by atoms with van der Waals surface area (Å²) < 4.78 is 0. The molecule has 0 saturated heterocycles. The Balaban J connectivity index is 1.86. The predicted molar refractivity (Wildman–Crippen MR) is 185 cm³/mol. The largest absolute Gasteiger partial charge is 0.393 e. The molecule has 0 aromatic carbocycles. The van der Waals surface area contributed by atoms with Gasteiger partial charge >= 0.3 is 0 Å². The summed E-state index contributed by atoms with van der Waals surface area (Å²) in [5.41, 5.74) is 2.68. The maximum Gasteiger partial charge on any atom is 0.162 e. The molecule has 2 fully saturated rings. The molecule has 2 N–H and O–H groups in total. The number of allylic oxidation sites excluding steroid dienone is 18. The molecule has 2 aliphatic carbocycles. The Bertz CT molecular complexity index is 1340.